The summed E-state index contributed by atoms with van der Waals surface area (Å²) in [6, 6.07) is 10.3. The Morgan fingerprint density at radius 3 is 2.94 bits per heavy atom. The molecule has 0 radical (unpaired) electrons. The molecule has 1 saturated heterocycles. The van der Waals surface area contributed by atoms with Gasteiger partial charge >= 0.3 is 0 Å². The van der Waals surface area contributed by atoms with Gasteiger partial charge in [-0.15, -0.1) is 0 Å². The maximum Gasteiger partial charge on any atom is 0.105 e. The van der Waals surface area contributed by atoms with Crippen molar-refractivity contribution in [1.82, 2.24) is 0 Å². The molecule has 17 heavy (non-hydrogen) atoms. The van der Waals surface area contributed by atoms with Crippen LogP contribution in [0.1, 0.15) is 25.3 Å². The number of ether oxygens (including phenoxy) is 2. The van der Waals surface area contributed by atoms with E-state index in [1.165, 1.54) is 5.56 Å². The van der Waals surface area contributed by atoms with E-state index in [-0.39, 0.29) is 11.7 Å². The molecule has 2 heteroatoms. The number of fused-ring (bicyclic) bond motifs is 2. The molecule has 1 aromatic carbocycles. The van der Waals surface area contributed by atoms with Gasteiger partial charge in [-0.3, -0.25) is 0 Å². The molecular formula is C15H18O2. The molecule has 0 saturated carbocycles. The van der Waals surface area contributed by atoms with Crippen LogP contribution in [-0.4, -0.2) is 17.8 Å². The van der Waals surface area contributed by atoms with Crippen molar-refractivity contribution < 1.29 is 9.47 Å². The normalized spacial score (nSPS) is 35.1. The molecule has 2 bridgehead atoms. The fourth-order valence-electron chi connectivity index (χ4n) is 2.56. The van der Waals surface area contributed by atoms with Crippen molar-refractivity contribution in [2.45, 2.75) is 44.2 Å². The van der Waals surface area contributed by atoms with Crippen molar-refractivity contribution in [3.8, 4) is 0 Å². The second-order valence-corrected chi connectivity index (χ2v) is 5.11. The van der Waals surface area contributed by atoms with Gasteiger partial charge in [0.05, 0.1) is 18.3 Å². The van der Waals surface area contributed by atoms with E-state index < -0.39 is 0 Å². The summed E-state index contributed by atoms with van der Waals surface area (Å²) in [7, 11) is 0. The molecule has 3 rings (SSSR count). The lowest BCUT2D eigenvalue weighted by Gasteiger charge is -2.39. The van der Waals surface area contributed by atoms with E-state index >= 15 is 0 Å². The molecule has 0 spiro atoms. The molecule has 2 aliphatic heterocycles. The van der Waals surface area contributed by atoms with Gasteiger partial charge < -0.3 is 9.47 Å². The Balaban J connectivity index is 1.66. The third kappa shape index (κ3) is 2.15. The van der Waals surface area contributed by atoms with Gasteiger partial charge in [0.25, 0.3) is 0 Å². The minimum absolute atomic E-state index is 0.130. The minimum atomic E-state index is -0.167. The van der Waals surface area contributed by atoms with E-state index in [2.05, 4.69) is 31.2 Å². The van der Waals surface area contributed by atoms with Crippen molar-refractivity contribution in [3.05, 3.63) is 48.0 Å². The smallest absolute Gasteiger partial charge is 0.105 e. The van der Waals surface area contributed by atoms with Crippen LogP contribution >= 0.6 is 0 Å². The standard InChI is InChI=1S/C15H18O2/c1-15(10-9-13-7-8-14(15)17-13)16-11-12-5-3-2-4-6-12/h2-8,13-14H,9-11H2,1H3/t13-,14+,15+/m1/s1. The third-order valence-corrected chi connectivity index (χ3v) is 3.76. The highest BCUT2D eigenvalue weighted by molar-refractivity contribution is 5.15. The molecule has 0 unspecified atom stereocenters. The van der Waals surface area contributed by atoms with E-state index in [0.29, 0.717) is 12.7 Å². The quantitative estimate of drug-likeness (QED) is 0.743. The van der Waals surface area contributed by atoms with Gasteiger partial charge in [-0.05, 0) is 25.3 Å². The minimum Gasteiger partial charge on any atom is -0.368 e. The molecule has 1 fully saturated rings. The van der Waals surface area contributed by atoms with Crippen LogP contribution in [0.2, 0.25) is 0 Å². The van der Waals surface area contributed by atoms with Crippen LogP contribution in [0.4, 0.5) is 0 Å². The molecule has 2 heterocycles. The predicted octanol–water partition coefficient (Wildman–Crippen LogP) is 3.08. The summed E-state index contributed by atoms with van der Waals surface area (Å²) in [5.74, 6) is 0. The van der Waals surface area contributed by atoms with Crippen LogP contribution in [0.15, 0.2) is 42.5 Å². The summed E-state index contributed by atoms with van der Waals surface area (Å²) in [4.78, 5) is 0. The maximum atomic E-state index is 6.11. The molecule has 0 aromatic heterocycles. The van der Waals surface area contributed by atoms with Gasteiger partial charge in [0, 0.05) is 0 Å². The van der Waals surface area contributed by atoms with Crippen molar-refractivity contribution in [2.24, 2.45) is 0 Å². The first-order valence-corrected chi connectivity index (χ1v) is 6.28. The van der Waals surface area contributed by atoms with Gasteiger partial charge in [-0.2, -0.15) is 0 Å². The Hall–Kier alpha value is -1.12. The second kappa shape index (κ2) is 4.28. The van der Waals surface area contributed by atoms with Crippen LogP contribution in [0.3, 0.4) is 0 Å². The first kappa shape index (κ1) is 11.0. The van der Waals surface area contributed by atoms with Crippen molar-refractivity contribution in [3.63, 3.8) is 0 Å². The molecule has 90 valence electrons. The number of hydrogen-bond donors (Lipinski definition) is 0. The maximum absolute atomic E-state index is 6.11. The SMILES string of the molecule is C[C@]1(OCc2ccccc2)CC[C@H]2C=C[C@@H]1O2. The summed E-state index contributed by atoms with van der Waals surface area (Å²) in [6.07, 6.45) is 6.92. The number of benzene rings is 1. The highest BCUT2D eigenvalue weighted by Crippen LogP contribution is 2.37. The number of hydrogen-bond acceptors (Lipinski definition) is 2. The van der Waals surface area contributed by atoms with Crippen LogP contribution < -0.4 is 0 Å². The summed E-state index contributed by atoms with van der Waals surface area (Å²) < 4.78 is 12.0. The number of rotatable bonds is 3. The monoisotopic (exact) mass is 230 g/mol. The Bertz CT molecular complexity index is 412. The molecule has 0 N–H and O–H groups in total. The van der Waals surface area contributed by atoms with Gasteiger partial charge in [0.2, 0.25) is 0 Å². The third-order valence-electron chi connectivity index (χ3n) is 3.76. The molecule has 2 nitrogen and oxygen atoms in total. The van der Waals surface area contributed by atoms with Crippen LogP contribution in [-0.2, 0) is 16.1 Å². The zero-order chi connectivity index (χ0) is 11.7. The molecule has 1 aromatic rings. The fraction of sp³-hybridized carbons (Fsp3) is 0.467. The van der Waals surface area contributed by atoms with E-state index in [1.807, 2.05) is 18.2 Å². The van der Waals surface area contributed by atoms with Crippen molar-refractivity contribution >= 4 is 0 Å². The predicted molar refractivity (Wildman–Crippen MR) is 66.7 cm³/mol. The molecular weight excluding hydrogens is 212 g/mol. The van der Waals surface area contributed by atoms with Gasteiger partial charge in [-0.25, -0.2) is 0 Å². The average molecular weight is 230 g/mol. The summed E-state index contributed by atoms with van der Waals surface area (Å²) in [6.45, 7) is 2.82. The van der Waals surface area contributed by atoms with Crippen molar-refractivity contribution in [1.29, 1.82) is 0 Å². The van der Waals surface area contributed by atoms with Gasteiger partial charge in [0.1, 0.15) is 6.10 Å². The molecule has 3 atom stereocenters. The lowest BCUT2D eigenvalue weighted by atomic mass is 9.91. The first-order chi connectivity index (χ1) is 8.26. The Labute approximate surface area is 102 Å². The Morgan fingerprint density at radius 1 is 1.29 bits per heavy atom. The summed E-state index contributed by atoms with van der Waals surface area (Å²) in [5.41, 5.74) is 1.05. The van der Waals surface area contributed by atoms with Gasteiger partial charge in [0.15, 0.2) is 0 Å². The zero-order valence-electron chi connectivity index (χ0n) is 10.1. The van der Waals surface area contributed by atoms with E-state index in [0.717, 1.165) is 12.8 Å². The van der Waals surface area contributed by atoms with Crippen LogP contribution in [0.5, 0.6) is 0 Å². The lowest BCUT2D eigenvalue weighted by Crippen LogP contribution is -2.45. The molecule has 2 aliphatic rings. The van der Waals surface area contributed by atoms with E-state index in [9.17, 15) is 0 Å². The lowest BCUT2D eigenvalue weighted by molar-refractivity contribution is -0.162. The highest BCUT2D eigenvalue weighted by atomic mass is 16.6. The summed E-state index contributed by atoms with van der Waals surface area (Å²) >= 11 is 0. The fourth-order valence-corrected chi connectivity index (χ4v) is 2.56. The Morgan fingerprint density at radius 2 is 2.12 bits per heavy atom. The second-order valence-electron chi connectivity index (χ2n) is 5.11. The topological polar surface area (TPSA) is 18.5 Å². The van der Waals surface area contributed by atoms with Gasteiger partial charge in [-0.1, -0.05) is 42.5 Å². The first-order valence-electron chi connectivity index (χ1n) is 6.28. The average Bonchev–Trinajstić information content (AvgIpc) is 2.79. The van der Waals surface area contributed by atoms with Crippen molar-refractivity contribution in [2.75, 3.05) is 0 Å². The van der Waals surface area contributed by atoms with E-state index in [4.69, 9.17) is 9.47 Å². The van der Waals surface area contributed by atoms with Crippen LogP contribution in [0.25, 0.3) is 0 Å². The molecule has 0 amide bonds. The van der Waals surface area contributed by atoms with Crippen LogP contribution in [0, 0.1) is 0 Å². The largest absolute Gasteiger partial charge is 0.368 e. The highest BCUT2D eigenvalue weighted by Gasteiger charge is 2.42. The summed E-state index contributed by atoms with van der Waals surface area (Å²) in [5, 5.41) is 0. The molecule has 0 aliphatic carbocycles. The van der Waals surface area contributed by atoms with E-state index in [1.54, 1.807) is 0 Å². The Kier molecular flexibility index (Phi) is 2.77. The zero-order valence-corrected chi connectivity index (χ0v) is 10.1.